The summed E-state index contributed by atoms with van der Waals surface area (Å²) in [6.07, 6.45) is 0. The summed E-state index contributed by atoms with van der Waals surface area (Å²) in [4.78, 5) is 22.6. The quantitative estimate of drug-likeness (QED) is 0.860. The molecule has 1 aromatic heterocycles. The number of fused-ring (bicyclic) bond motifs is 1. The van der Waals surface area contributed by atoms with Crippen LogP contribution in [-0.4, -0.2) is 17.1 Å². The number of pyridine rings is 1. The summed E-state index contributed by atoms with van der Waals surface area (Å²) in [6.45, 7) is 8.87. The number of hydrogen-bond acceptors (Lipinski definition) is 3. The number of rotatable bonds is 2. The summed E-state index contributed by atoms with van der Waals surface area (Å²) >= 11 is 0. The van der Waals surface area contributed by atoms with E-state index < -0.39 is 0 Å². The Balaban J connectivity index is 0.000000771. The molecule has 0 aliphatic carbocycles. The topological polar surface area (TPSA) is 60.3 Å². The van der Waals surface area contributed by atoms with Gasteiger partial charge in [0, 0.05) is 18.7 Å². The van der Waals surface area contributed by atoms with Crippen LogP contribution in [0.3, 0.4) is 0 Å². The smallest absolute Gasteiger partial charge is 0.217 e. The van der Waals surface area contributed by atoms with Crippen LogP contribution in [0.15, 0.2) is 10.9 Å². The molecule has 1 aromatic rings. The highest BCUT2D eigenvalue weighted by atomic mass is 16.5. The molecule has 0 spiro atoms. The van der Waals surface area contributed by atoms with Gasteiger partial charge in [-0.05, 0) is 6.92 Å². The summed E-state index contributed by atoms with van der Waals surface area (Å²) in [5, 5.41) is 2.62. The Morgan fingerprint density at radius 2 is 2.17 bits per heavy atom. The maximum Gasteiger partial charge on any atom is 0.217 e. The molecule has 2 heterocycles. The van der Waals surface area contributed by atoms with Gasteiger partial charge >= 0.3 is 0 Å². The summed E-state index contributed by atoms with van der Waals surface area (Å²) < 4.78 is 7.39. The normalized spacial score (nSPS) is 12.0. The number of nitrogens with zero attached hydrogens (tertiary/aromatic N) is 1. The van der Waals surface area contributed by atoms with Gasteiger partial charge in [-0.3, -0.25) is 9.59 Å². The van der Waals surface area contributed by atoms with Crippen LogP contribution in [0.2, 0.25) is 0 Å². The van der Waals surface area contributed by atoms with Gasteiger partial charge in [0.05, 0.1) is 18.7 Å². The Hall–Kier alpha value is -1.78. The van der Waals surface area contributed by atoms with Crippen molar-refractivity contribution in [3.05, 3.63) is 27.5 Å². The molecule has 0 unspecified atom stereocenters. The zero-order valence-electron chi connectivity index (χ0n) is 11.4. The number of aromatic nitrogens is 1. The lowest BCUT2D eigenvalue weighted by atomic mass is 10.2. The molecule has 0 saturated heterocycles. The van der Waals surface area contributed by atoms with E-state index in [1.54, 1.807) is 6.07 Å². The number of amides is 1. The number of ether oxygens (including phenoxy) is 1. The highest BCUT2D eigenvalue weighted by Gasteiger charge is 2.19. The molecular formula is C13H20N2O3. The van der Waals surface area contributed by atoms with Crippen LogP contribution < -0.4 is 15.5 Å². The first-order chi connectivity index (χ1) is 8.59. The van der Waals surface area contributed by atoms with Gasteiger partial charge in [0.1, 0.15) is 6.61 Å². The SMILES string of the molecule is CC.CC(=O)NCc1c2n(c(C)cc1=O)CCO2. The van der Waals surface area contributed by atoms with Gasteiger partial charge in [0.25, 0.3) is 0 Å². The second-order valence-electron chi connectivity index (χ2n) is 3.84. The van der Waals surface area contributed by atoms with Gasteiger partial charge in [-0.1, -0.05) is 13.8 Å². The van der Waals surface area contributed by atoms with Crippen LogP contribution in [0, 0.1) is 6.92 Å². The van der Waals surface area contributed by atoms with E-state index in [4.69, 9.17) is 4.74 Å². The largest absolute Gasteiger partial charge is 0.477 e. The maximum absolute atomic E-state index is 11.8. The van der Waals surface area contributed by atoms with E-state index in [-0.39, 0.29) is 17.9 Å². The van der Waals surface area contributed by atoms with Crippen molar-refractivity contribution in [2.24, 2.45) is 0 Å². The molecule has 0 radical (unpaired) electrons. The predicted octanol–water partition coefficient (Wildman–Crippen LogP) is 1.21. The first kappa shape index (κ1) is 14.3. The standard InChI is InChI=1S/C11H14N2O3.C2H6/c1-7-5-10(15)9(6-12-8(2)14)11-13(7)3-4-16-11;1-2/h5H,3-4,6H2,1-2H3,(H,12,14);1-2H3. The minimum absolute atomic E-state index is 0.0839. The molecule has 1 N–H and O–H groups in total. The number of hydrogen-bond donors (Lipinski definition) is 1. The van der Waals surface area contributed by atoms with Gasteiger partial charge in [-0.15, -0.1) is 0 Å². The molecular weight excluding hydrogens is 232 g/mol. The monoisotopic (exact) mass is 252 g/mol. The van der Waals surface area contributed by atoms with Crippen molar-refractivity contribution in [1.82, 2.24) is 9.88 Å². The Morgan fingerprint density at radius 1 is 1.50 bits per heavy atom. The molecule has 1 aliphatic heterocycles. The highest BCUT2D eigenvalue weighted by Crippen LogP contribution is 2.22. The van der Waals surface area contributed by atoms with E-state index in [2.05, 4.69) is 5.32 Å². The number of aryl methyl sites for hydroxylation is 1. The highest BCUT2D eigenvalue weighted by molar-refractivity contribution is 5.72. The number of nitrogens with one attached hydrogen (secondary N) is 1. The zero-order valence-corrected chi connectivity index (χ0v) is 11.4. The fourth-order valence-corrected chi connectivity index (χ4v) is 1.84. The molecule has 0 fully saturated rings. The first-order valence-electron chi connectivity index (χ1n) is 6.20. The third-order valence-electron chi connectivity index (χ3n) is 2.63. The second-order valence-corrected chi connectivity index (χ2v) is 3.84. The Kier molecular flexibility index (Phi) is 4.95. The van der Waals surface area contributed by atoms with E-state index in [1.165, 1.54) is 6.92 Å². The zero-order chi connectivity index (χ0) is 13.7. The fourth-order valence-electron chi connectivity index (χ4n) is 1.84. The summed E-state index contributed by atoms with van der Waals surface area (Å²) in [6, 6.07) is 1.58. The molecule has 100 valence electrons. The first-order valence-corrected chi connectivity index (χ1v) is 6.20. The van der Waals surface area contributed by atoms with Crippen LogP contribution >= 0.6 is 0 Å². The molecule has 0 saturated carbocycles. The molecule has 18 heavy (non-hydrogen) atoms. The molecule has 0 aromatic carbocycles. The molecule has 1 aliphatic rings. The van der Waals surface area contributed by atoms with Crippen molar-refractivity contribution >= 4 is 5.91 Å². The summed E-state index contributed by atoms with van der Waals surface area (Å²) in [5.74, 6) is 0.440. The average Bonchev–Trinajstić information content (AvgIpc) is 2.80. The van der Waals surface area contributed by atoms with E-state index in [1.807, 2.05) is 25.3 Å². The third-order valence-corrected chi connectivity index (χ3v) is 2.63. The van der Waals surface area contributed by atoms with Crippen LogP contribution in [-0.2, 0) is 17.9 Å². The summed E-state index contributed by atoms with van der Waals surface area (Å²) in [5.41, 5.74) is 1.33. The van der Waals surface area contributed by atoms with Gasteiger partial charge < -0.3 is 14.6 Å². The second kappa shape index (κ2) is 6.23. The van der Waals surface area contributed by atoms with Gasteiger partial charge in [-0.25, -0.2) is 0 Å². The lowest BCUT2D eigenvalue weighted by Crippen LogP contribution is -2.25. The molecule has 0 atom stereocenters. The maximum atomic E-state index is 11.8. The van der Waals surface area contributed by atoms with Crippen molar-refractivity contribution in [3.8, 4) is 5.88 Å². The van der Waals surface area contributed by atoms with E-state index in [0.29, 0.717) is 18.1 Å². The van der Waals surface area contributed by atoms with Crippen molar-refractivity contribution in [2.75, 3.05) is 6.61 Å². The molecule has 2 rings (SSSR count). The van der Waals surface area contributed by atoms with E-state index in [0.717, 1.165) is 12.2 Å². The van der Waals surface area contributed by atoms with E-state index >= 15 is 0 Å². The van der Waals surface area contributed by atoms with Crippen LogP contribution in [0.25, 0.3) is 0 Å². The van der Waals surface area contributed by atoms with Crippen molar-refractivity contribution in [1.29, 1.82) is 0 Å². The van der Waals surface area contributed by atoms with Gasteiger partial charge in [0.15, 0.2) is 5.43 Å². The van der Waals surface area contributed by atoms with Crippen LogP contribution in [0.4, 0.5) is 0 Å². The average molecular weight is 252 g/mol. The third kappa shape index (κ3) is 2.91. The number of carbonyl (C=O) groups is 1. The van der Waals surface area contributed by atoms with Crippen molar-refractivity contribution < 1.29 is 9.53 Å². The Bertz CT molecular complexity index is 492. The fraction of sp³-hybridized carbons (Fsp3) is 0.538. The van der Waals surface area contributed by atoms with Crippen LogP contribution in [0.1, 0.15) is 32.0 Å². The van der Waals surface area contributed by atoms with Crippen LogP contribution in [0.5, 0.6) is 5.88 Å². The Morgan fingerprint density at radius 3 is 2.78 bits per heavy atom. The minimum Gasteiger partial charge on any atom is -0.477 e. The van der Waals surface area contributed by atoms with Gasteiger partial charge in [-0.2, -0.15) is 0 Å². The molecule has 1 amide bonds. The van der Waals surface area contributed by atoms with Crippen molar-refractivity contribution in [2.45, 2.75) is 40.8 Å². The predicted molar refractivity (Wildman–Crippen MR) is 69.8 cm³/mol. The molecule has 5 nitrogen and oxygen atoms in total. The van der Waals surface area contributed by atoms with Crippen molar-refractivity contribution in [3.63, 3.8) is 0 Å². The lowest BCUT2D eigenvalue weighted by Gasteiger charge is -2.10. The Labute approximate surface area is 107 Å². The lowest BCUT2D eigenvalue weighted by molar-refractivity contribution is -0.119. The van der Waals surface area contributed by atoms with Gasteiger partial charge in [0.2, 0.25) is 11.8 Å². The summed E-state index contributed by atoms with van der Waals surface area (Å²) in [7, 11) is 0. The minimum atomic E-state index is -0.156. The molecule has 5 heteroatoms. The van der Waals surface area contributed by atoms with E-state index in [9.17, 15) is 9.59 Å². The number of carbonyl (C=O) groups excluding carboxylic acids is 1. The molecule has 0 bridgehead atoms.